The molecule has 1 rings (SSSR count). The summed E-state index contributed by atoms with van der Waals surface area (Å²) in [6.45, 7) is 0.619. The third-order valence-electron chi connectivity index (χ3n) is 1.42. The van der Waals surface area contributed by atoms with Crippen LogP contribution in [0.15, 0.2) is 29.5 Å². The van der Waals surface area contributed by atoms with Crippen molar-refractivity contribution in [1.82, 2.24) is 4.98 Å². The van der Waals surface area contributed by atoms with Crippen molar-refractivity contribution >= 4 is 5.96 Å². The SMILES string of the molecule is NC(N)=NCCc1cccnc1. The van der Waals surface area contributed by atoms with Crippen LogP contribution in [0.2, 0.25) is 0 Å². The minimum absolute atomic E-state index is 0.138. The maximum Gasteiger partial charge on any atom is 0.185 e. The third-order valence-corrected chi connectivity index (χ3v) is 1.42. The lowest BCUT2D eigenvalue weighted by Crippen LogP contribution is -2.23. The molecule has 4 heteroatoms. The predicted molar refractivity (Wildman–Crippen MR) is 48.6 cm³/mol. The molecule has 4 N–H and O–H groups in total. The van der Waals surface area contributed by atoms with Gasteiger partial charge in [-0.2, -0.15) is 0 Å². The fraction of sp³-hybridized carbons (Fsp3) is 0.250. The van der Waals surface area contributed by atoms with Crippen LogP contribution in [0, 0.1) is 0 Å². The first-order chi connectivity index (χ1) is 5.79. The van der Waals surface area contributed by atoms with E-state index in [2.05, 4.69) is 9.98 Å². The summed E-state index contributed by atoms with van der Waals surface area (Å²) in [6.07, 6.45) is 4.37. The fourth-order valence-electron chi connectivity index (χ4n) is 0.860. The molecule has 0 fully saturated rings. The van der Waals surface area contributed by atoms with E-state index in [-0.39, 0.29) is 5.96 Å². The van der Waals surface area contributed by atoms with Crippen molar-refractivity contribution in [2.45, 2.75) is 6.42 Å². The van der Waals surface area contributed by atoms with E-state index >= 15 is 0 Å². The highest BCUT2D eigenvalue weighted by molar-refractivity contribution is 5.75. The molecule has 1 aromatic rings. The Morgan fingerprint density at radius 3 is 2.92 bits per heavy atom. The summed E-state index contributed by atoms with van der Waals surface area (Å²) >= 11 is 0. The first-order valence-corrected chi connectivity index (χ1v) is 3.73. The van der Waals surface area contributed by atoms with Crippen LogP contribution in [0.4, 0.5) is 0 Å². The lowest BCUT2D eigenvalue weighted by Gasteiger charge is -1.96. The molecule has 0 bridgehead atoms. The summed E-state index contributed by atoms with van der Waals surface area (Å²) in [7, 11) is 0. The summed E-state index contributed by atoms with van der Waals surface area (Å²) < 4.78 is 0. The smallest absolute Gasteiger partial charge is 0.185 e. The quantitative estimate of drug-likeness (QED) is 0.483. The second kappa shape index (κ2) is 4.33. The molecule has 4 nitrogen and oxygen atoms in total. The minimum Gasteiger partial charge on any atom is -0.370 e. The van der Waals surface area contributed by atoms with Crippen molar-refractivity contribution < 1.29 is 0 Å². The van der Waals surface area contributed by atoms with E-state index in [4.69, 9.17) is 11.5 Å². The molecule has 1 heterocycles. The van der Waals surface area contributed by atoms with Gasteiger partial charge in [-0.3, -0.25) is 9.98 Å². The normalized spacial score (nSPS) is 9.33. The molecule has 0 saturated carbocycles. The van der Waals surface area contributed by atoms with E-state index in [1.165, 1.54) is 0 Å². The molecule has 0 spiro atoms. The van der Waals surface area contributed by atoms with Gasteiger partial charge in [-0.05, 0) is 18.1 Å². The fourth-order valence-corrected chi connectivity index (χ4v) is 0.860. The lowest BCUT2D eigenvalue weighted by molar-refractivity contribution is 0.953. The van der Waals surface area contributed by atoms with Gasteiger partial charge in [0.25, 0.3) is 0 Å². The van der Waals surface area contributed by atoms with Gasteiger partial charge in [0.05, 0.1) is 0 Å². The van der Waals surface area contributed by atoms with Crippen molar-refractivity contribution in [3.8, 4) is 0 Å². The highest BCUT2D eigenvalue weighted by atomic mass is 15.0. The molecular formula is C8H12N4. The van der Waals surface area contributed by atoms with Crippen molar-refractivity contribution in [3.63, 3.8) is 0 Å². The Hall–Kier alpha value is -1.58. The highest BCUT2D eigenvalue weighted by Crippen LogP contribution is 1.96. The number of nitrogens with two attached hydrogens (primary N) is 2. The van der Waals surface area contributed by atoms with Crippen LogP contribution in [0.1, 0.15) is 5.56 Å². The van der Waals surface area contributed by atoms with E-state index < -0.39 is 0 Å². The molecule has 0 unspecified atom stereocenters. The van der Waals surface area contributed by atoms with Gasteiger partial charge in [0.1, 0.15) is 0 Å². The molecule has 0 amide bonds. The Morgan fingerprint density at radius 1 is 1.50 bits per heavy atom. The zero-order valence-electron chi connectivity index (χ0n) is 6.77. The molecule has 0 radical (unpaired) electrons. The van der Waals surface area contributed by atoms with Crippen LogP contribution in [-0.2, 0) is 6.42 Å². The molecule has 0 aliphatic rings. The second-order valence-electron chi connectivity index (χ2n) is 2.42. The molecule has 0 aromatic carbocycles. The number of hydrogen-bond acceptors (Lipinski definition) is 2. The van der Waals surface area contributed by atoms with Gasteiger partial charge in [-0.25, -0.2) is 0 Å². The number of pyridine rings is 1. The Labute approximate surface area is 71.3 Å². The molecule has 0 aliphatic heterocycles. The number of hydrogen-bond donors (Lipinski definition) is 2. The number of aliphatic imine (C=N–C) groups is 1. The summed E-state index contributed by atoms with van der Waals surface area (Å²) in [5.74, 6) is 0.138. The Balaban J connectivity index is 2.39. The van der Waals surface area contributed by atoms with Crippen LogP contribution >= 0.6 is 0 Å². The van der Waals surface area contributed by atoms with Crippen molar-refractivity contribution in [3.05, 3.63) is 30.1 Å². The Morgan fingerprint density at radius 2 is 2.33 bits per heavy atom. The number of rotatable bonds is 3. The molecule has 0 saturated heterocycles. The summed E-state index contributed by atoms with van der Waals surface area (Å²) in [5.41, 5.74) is 11.5. The Kier molecular flexibility index (Phi) is 3.07. The lowest BCUT2D eigenvalue weighted by atomic mass is 10.2. The zero-order chi connectivity index (χ0) is 8.81. The average molecular weight is 164 g/mol. The monoisotopic (exact) mass is 164 g/mol. The van der Waals surface area contributed by atoms with E-state index in [0.717, 1.165) is 12.0 Å². The van der Waals surface area contributed by atoms with Gasteiger partial charge >= 0.3 is 0 Å². The topological polar surface area (TPSA) is 77.3 Å². The first-order valence-electron chi connectivity index (χ1n) is 3.73. The number of nitrogens with zero attached hydrogens (tertiary/aromatic N) is 2. The number of aromatic nitrogens is 1. The van der Waals surface area contributed by atoms with Gasteiger partial charge in [0.2, 0.25) is 0 Å². The predicted octanol–water partition coefficient (Wildman–Crippen LogP) is -0.103. The highest BCUT2D eigenvalue weighted by Gasteiger charge is 1.89. The maximum absolute atomic E-state index is 5.17. The average Bonchev–Trinajstić information content (AvgIpc) is 2.05. The van der Waals surface area contributed by atoms with E-state index in [0.29, 0.717) is 6.54 Å². The van der Waals surface area contributed by atoms with Gasteiger partial charge < -0.3 is 11.5 Å². The van der Waals surface area contributed by atoms with E-state index in [1.54, 1.807) is 6.20 Å². The van der Waals surface area contributed by atoms with E-state index in [9.17, 15) is 0 Å². The third kappa shape index (κ3) is 3.01. The zero-order valence-corrected chi connectivity index (χ0v) is 6.77. The van der Waals surface area contributed by atoms with Crippen LogP contribution < -0.4 is 11.5 Å². The van der Waals surface area contributed by atoms with Crippen molar-refractivity contribution in [2.24, 2.45) is 16.5 Å². The maximum atomic E-state index is 5.17. The van der Waals surface area contributed by atoms with Crippen LogP contribution in [0.5, 0.6) is 0 Å². The Bertz CT molecular complexity index is 251. The number of guanidine groups is 1. The summed E-state index contributed by atoms with van der Waals surface area (Å²) in [4.78, 5) is 7.84. The first kappa shape index (κ1) is 8.52. The summed E-state index contributed by atoms with van der Waals surface area (Å²) in [6, 6.07) is 3.89. The second-order valence-corrected chi connectivity index (χ2v) is 2.42. The minimum atomic E-state index is 0.138. The molecule has 0 atom stereocenters. The molecule has 1 aromatic heterocycles. The molecule has 64 valence electrons. The largest absolute Gasteiger partial charge is 0.370 e. The van der Waals surface area contributed by atoms with E-state index in [1.807, 2.05) is 18.3 Å². The molecule has 0 aliphatic carbocycles. The van der Waals surface area contributed by atoms with Gasteiger partial charge in [-0.1, -0.05) is 6.07 Å². The van der Waals surface area contributed by atoms with Crippen LogP contribution in [0.25, 0.3) is 0 Å². The van der Waals surface area contributed by atoms with Crippen molar-refractivity contribution in [1.29, 1.82) is 0 Å². The summed E-state index contributed by atoms with van der Waals surface area (Å²) in [5, 5.41) is 0. The molecule has 12 heavy (non-hydrogen) atoms. The van der Waals surface area contributed by atoms with Crippen molar-refractivity contribution in [2.75, 3.05) is 6.54 Å². The molecular weight excluding hydrogens is 152 g/mol. The van der Waals surface area contributed by atoms with Gasteiger partial charge in [-0.15, -0.1) is 0 Å². The van der Waals surface area contributed by atoms with Crippen LogP contribution in [-0.4, -0.2) is 17.5 Å². The van der Waals surface area contributed by atoms with Crippen LogP contribution in [0.3, 0.4) is 0 Å². The van der Waals surface area contributed by atoms with Gasteiger partial charge in [0, 0.05) is 18.9 Å². The van der Waals surface area contributed by atoms with Gasteiger partial charge in [0.15, 0.2) is 5.96 Å². The standard InChI is InChI=1S/C8H12N4/c9-8(10)12-5-3-7-2-1-4-11-6-7/h1-2,4,6H,3,5H2,(H4,9,10,12).